The molecule has 0 spiro atoms. The molecule has 1 aromatic carbocycles. The predicted molar refractivity (Wildman–Crippen MR) is 69.5 cm³/mol. The maximum Gasteiger partial charge on any atom is 0.184 e. The molecule has 0 aliphatic rings. The van der Waals surface area contributed by atoms with Gasteiger partial charge in [-0.15, -0.1) is 11.3 Å². The van der Waals surface area contributed by atoms with Gasteiger partial charge >= 0.3 is 0 Å². The summed E-state index contributed by atoms with van der Waals surface area (Å²) >= 11 is 4.63. The van der Waals surface area contributed by atoms with Gasteiger partial charge in [-0.2, -0.15) is 0 Å². The highest BCUT2D eigenvalue weighted by atomic mass is 79.9. The second-order valence-electron chi connectivity index (χ2n) is 3.34. The van der Waals surface area contributed by atoms with Gasteiger partial charge in [0.25, 0.3) is 0 Å². The summed E-state index contributed by atoms with van der Waals surface area (Å²) in [6.07, 6.45) is 2.45. The number of hydrogen-bond donors (Lipinski definition) is 0. The summed E-state index contributed by atoms with van der Waals surface area (Å²) in [5, 5.41) is 1.34. The highest BCUT2D eigenvalue weighted by Crippen LogP contribution is 2.17. The molecule has 0 aliphatic heterocycles. The Morgan fingerprint density at radius 1 is 1.31 bits per heavy atom. The first-order valence-electron chi connectivity index (χ1n) is 4.87. The van der Waals surface area contributed by atoms with Crippen LogP contribution >= 0.6 is 27.3 Å². The molecule has 4 heteroatoms. The number of aromatic nitrogens is 1. The zero-order valence-electron chi connectivity index (χ0n) is 8.52. The average Bonchev–Trinajstić information content (AvgIpc) is 2.78. The summed E-state index contributed by atoms with van der Waals surface area (Å²) in [7, 11) is 0. The fraction of sp³-hybridized carbons (Fsp3) is 0.167. The molecular formula is C12H10BrNOS. The second kappa shape index (κ2) is 5.37. The molecule has 0 aliphatic carbocycles. The van der Waals surface area contributed by atoms with E-state index >= 15 is 0 Å². The van der Waals surface area contributed by atoms with Crippen molar-refractivity contribution in [2.45, 2.75) is 6.42 Å². The number of carbonyl (C=O) groups excluding carboxylic acids is 1. The topological polar surface area (TPSA) is 30.0 Å². The number of ketones is 1. The minimum atomic E-state index is 0.0943. The van der Waals surface area contributed by atoms with Crippen molar-refractivity contribution < 1.29 is 4.79 Å². The van der Waals surface area contributed by atoms with Crippen LogP contribution in [0.1, 0.15) is 20.2 Å². The molecule has 0 amide bonds. The first-order chi connectivity index (χ1) is 7.79. The van der Waals surface area contributed by atoms with Crippen LogP contribution in [-0.2, 0) is 6.42 Å². The zero-order chi connectivity index (χ0) is 11.4. The Labute approximate surface area is 106 Å². The molecule has 0 unspecified atom stereocenters. The minimum absolute atomic E-state index is 0.0943. The Balaban J connectivity index is 2.12. The highest BCUT2D eigenvalue weighted by Gasteiger charge is 2.09. The Morgan fingerprint density at radius 2 is 2.06 bits per heavy atom. The number of alkyl halides is 1. The van der Waals surface area contributed by atoms with Crippen LogP contribution in [0, 0.1) is 0 Å². The molecule has 0 N–H and O–H groups in total. The number of carbonyl (C=O) groups is 1. The molecule has 2 rings (SSSR count). The Kier molecular flexibility index (Phi) is 3.85. The molecular weight excluding hydrogens is 286 g/mol. The molecule has 0 atom stereocenters. The van der Waals surface area contributed by atoms with Crippen molar-refractivity contribution in [2.24, 2.45) is 0 Å². The number of benzene rings is 1. The van der Waals surface area contributed by atoms with Crippen LogP contribution in [0.5, 0.6) is 0 Å². The summed E-state index contributed by atoms with van der Waals surface area (Å²) < 4.78 is 0. The van der Waals surface area contributed by atoms with Crippen LogP contribution in [0.2, 0.25) is 0 Å². The van der Waals surface area contributed by atoms with Crippen molar-refractivity contribution >= 4 is 33.0 Å². The SMILES string of the molecule is O=C(CBr)c1cnc(Cc2ccccc2)s1. The molecule has 0 saturated carbocycles. The van der Waals surface area contributed by atoms with Crippen LogP contribution in [0.3, 0.4) is 0 Å². The summed E-state index contributed by atoms with van der Waals surface area (Å²) in [6, 6.07) is 10.1. The Bertz CT molecular complexity index is 481. The normalized spacial score (nSPS) is 10.3. The van der Waals surface area contributed by atoms with E-state index in [9.17, 15) is 4.79 Å². The van der Waals surface area contributed by atoms with E-state index in [0.29, 0.717) is 5.33 Å². The summed E-state index contributed by atoms with van der Waals surface area (Å²) in [5.41, 5.74) is 1.22. The standard InChI is InChI=1S/C12H10BrNOS/c13-7-10(15)11-8-14-12(16-11)6-9-4-2-1-3-5-9/h1-5,8H,6-7H2. The lowest BCUT2D eigenvalue weighted by Crippen LogP contribution is -1.95. The van der Waals surface area contributed by atoms with Crippen LogP contribution in [0.4, 0.5) is 0 Å². The fourth-order valence-electron chi connectivity index (χ4n) is 1.36. The fourth-order valence-corrected chi connectivity index (χ4v) is 2.73. The smallest absolute Gasteiger partial charge is 0.184 e. The Hall–Kier alpha value is -1.00. The van der Waals surface area contributed by atoms with Gasteiger partial charge in [0.2, 0.25) is 0 Å². The third-order valence-electron chi connectivity index (χ3n) is 2.15. The number of halogens is 1. The molecule has 1 aromatic heterocycles. The van der Waals surface area contributed by atoms with E-state index in [1.165, 1.54) is 16.9 Å². The minimum Gasteiger partial charge on any atom is -0.292 e. The van der Waals surface area contributed by atoms with Crippen LogP contribution in [0.25, 0.3) is 0 Å². The quantitative estimate of drug-likeness (QED) is 0.640. The molecule has 16 heavy (non-hydrogen) atoms. The third-order valence-corrected chi connectivity index (χ3v) is 3.70. The molecule has 82 valence electrons. The summed E-state index contributed by atoms with van der Waals surface area (Å²) in [6.45, 7) is 0. The lowest BCUT2D eigenvalue weighted by molar-refractivity contribution is 0.102. The van der Waals surface area contributed by atoms with Crippen molar-refractivity contribution in [2.75, 3.05) is 5.33 Å². The molecule has 0 fully saturated rings. The van der Waals surface area contributed by atoms with Gasteiger partial charge in [0.15, 0.2) is 5.78 Å². The van der Waals surface area contributed by atoms with E-state index in [2.05, 4.69) is 33.0 Å². The van der Waals surface area contributed by atoms with E-state index in [4.69, 9.17) is 0 Å². The van der Waals surface area contributed by atoms with Crippen molar-refractivity contribution in [1.29, 1.82) is 0 Å². The number of thiazole rings is 1. The monoisotopic (exact) mass is 295 g/mol. The third kappa shape index (κ3) is 2.77. The number of rotatable bonds is 4. The second-order valence-corrected chi connectivity index (χ2v) is 5.01. The molecule has 1 heterocycles. The van der Waals surface area contributed by atoms with Gasteiger partial charge in [-0.05, 0) is 5.56 Å². The zero-order valence-corrected chi connectivity index (χ0v) is 10.9. The number of hydrogen-bond acceptors (Lipinski definition) is 3. The first kappa shape index (κ1) is 11.5. The van der Waals surface area contributed by atoms with Crippen LogP contribution in [-0.4, -0.2) is 16.1 Å². The molecule has 0 bridgehead atoms. The van der Waals surface area contributed by atoms with Gasteiger partial charge in [0.05, 0.1) is 15.2 Å². The predicted octanol–water partition coefficient (Wildman–Crippen LogP) is 3.31. The van der Waals surface area contributed by atoms with Gasteiger partial charge in [0.1, 0.15) is 0 Å². The highest BCUT2D eigenvalue weighted by molar-refractivity contribution is 9.09. The van der Waals surface area contributed by atoms with E-state index < -0.39 is 0 Å². The van der Waals surface area contributed by atoms with Gasteiger partial charge in [0, 0.05) is 12.6 Å². The number of nitrogens with zero attached hydrogens (tertiary/aromatic N) is 1. The van der Waals surface area contributed by atoms with Crippen molar-refractivity contribution in [3.05, 3.63) is 52.0 Å². The van der Waals surface area contributed by atoms with E-state index in [1.807, 2.05) is 18.2 Å². The van der Waals surface area contributed by atoms with Crippen molar-refractivity contribution in [3.63, 3.8) is 0 Å². The molecule has 0 radical (unpaired) electrons. The van der Waals surface area contributed by atoms with Crippen LogP contribution in [0.15, 0.2) is 36.5 Å². The van der Waals surface area contributed by atoms with E-state index in [-0.39, 0.29) is 5.78 Å². The Morgan fingerprint density at radius 3 is 2.75 bits per heavy atom. The van der Waals surface area contributed by atoms with Gasteiger partial charge in [-0.1, -0.05) is 46.3 Å². The summed E-state index contributed by atoms with van der Waals surface area (Å²) in [5.74, 6) is 0.0943. The summed E-state index contributed by atoms with van der Waals surface area (Å²) in [4.78, 5) is 16.4. The van der Waals surface area contributed by atoms with E-state index in [1.54, 1.807) is 6.20 Å². The van der Waals surface area contributed by atoms with Gasteiger partial charge < -0.3 is 0 Å². The van der Waals surface area contributed by atoms with E-state index in [0.717, 1.165) is 16.3 Å². The van der Waals surface area contributed by atoms with Gasteiger partial charge in [-0.25, -0.2) is 4.98 Å². The maximum absolute atomic E-state index is 11.4. The number of Topliss-reactive ketones (excluding diaryl/α,β-unsaturated/α-hetero) is 1. The molecule has 2 aromatic rings. The largest absolute Gasteiger partial charge is 0.292 e. The van der Waals surface area contributed by atoms with Crippen molar-refractivity contribution in [1.82, 2.24) is 4.98 Å². The lowest BCUT2D eigenvalue weighted by atomic mass is 10.2. The lowest BCUT2D eigenvalue weighted by Gasteiger charge is -1.95. The first-order valence-corrected chi connectivity index (χ1v) is 6.81. The van der Waals surface area contributed by atoms with Crippen LogP contribution < -0.4 is 0 Å². The molecule has 0 saturated heterocycles. The maximum atomic E-state index is 11.4. The average molecular weight is 296 g/mol. The van der Waals surface area contributed by atoms with Gasteiger partial charge in [-0.3, -0.25) is 4.79 Å². The van der Waals surface area contributed by atoms with Crippen molar-refractivity contribution in [3.8, 4) is 0 Å². The molecule has 2 nitrogen and oxygen atoms in total.